The van der Waals surface area contributed by atoms with Crippen LogP contribution >= 0.6 is 11.6 Å². The molecular weight excluding hydrogens is 374 g/mol. The minimum atomic E-state index is -3.27. The maximum atomic E-state index is 12.4. The van der Waals surface area contributed by atoms with Crippen molar-refractivity contribution in [1.82, 2.24) is 15.0 Å². The summed E-state index contributed by atoms with van der Waals surface area (Å²) in [5.74, 6) is 0.973. The molecule has 2 aromatic carbocycles. The first kappa shape index (κ1) is 17.2. The number of hydrogen-bond acceptors (Lipinski definition) is 6. The van der Waals surface area contributed by atoms with Crippen molar-refractivity contribution in [2.45, 2.75) is 18.0 Å². The van der Waals surface area contributed by atoms with E-state index in [0.717, 1.165) is 11.1 Å². The third kappa shape index (κ3) is 3.51. The van der Waals surface area contributed by atoms with E-state index < -0.39 is 9.84 Å². The van der Waals surface area contributed by atoms with Gasteiger partial charge >= 0.3 is 0 Å². The van der Waals surface area contributed by atoms with Crippen LogP contribution in [0.5, 0.6) is 0 Å². The lowest BCUT2D eigenvalue weighted by atomic mass is 10.2. The van der Waals surface area contributed by atoms with Crippen molar-refractivity contribution in [3.8, 4) is 11.4 Å². The van der Waals surface area contributed by atoms with Gasteiger partial charge in [-0.2, -0.15) is 4.98 Å². The number of halogens is 1. The van der Waals surface area contributed by atoms with E-state index in [4.69, 9.17) is 16.1 Å². The van der Waals surface area contributed by atoms with Crippen molar-refractivity contribution < 1.29 is 12.9 Å². The highest BCUT2D eigenvalue weighted by Crippen LogP contribution is 2.24. The van der Waals surface area contributed by atoms with E-state index in [-0.39, 0.29) is 5.75 Å². The SMILES string of the molecule is O=S1(=O)CCN(Cc2nc(-c3cccc(Cl)c3)no2)Cc2ccccc21. The van der Waals surface area contributed by atoms with Gasteiger partial charge in [0, 0.05) is 23.7 Å². The Labute approximate surface area is 156 Å². The second-order valence-electron chi connectivity index (χ2n) is 6.16. The summed E-state index contributed by atoms with van der Waals surface area (Å²) in [6, 6.07) is 14.3. The standard InChI is InChI=1S/C18H16ClN3O3S/c19-15-6-3-5-13(10-15)18-20-17(25-21-18)12-22-8-9-26(23,24)16-7-2-1-4-14(16)11-22/h1-7,10H,8-9,11-12H2. The first-order chi connectivity index (χ1) is 12.5. The van der Waals surface area contributed by atoms with E-state index in [0.29, 0.717) is 41.3 Å². The van der Waals surface area contributed by atoms with Gasteiger partial charge in [-0.15, -0.1) is 0 Å². The molecule has 1 aromatic heterocycles. The van der Waals surface area contributed by atoms with E-state index in [9.17, 15) is 8.42 Å². The molecule has 0 radical (unpaired) electrons. The van der Waals surface area contributed by atoms with Crippen LogP contribution in [0.15, 0.2) is 57.9 Å². The zero-order chi connectivity index (χ0) is 18.1. The van der Waals surface area contributed by atoms with Crippen molar-refractivity contribution in [2.24, 2.45) is 0 Å². The molecule has 0 spiro atoms. The molecule has 1 aliphatic rings. The molecule has 6 nitrogen and oxygen atoms in total. The van der Waals surface area contributed by atoms with Gasteiger partial charge in [-0.25, -0.2) is 8.42 Å². The van der Waals surface area contributed by atoms with Gasteiger partial charge in [0.1, 0.15) is 0 Å². The van der Waals surface area contributed by atoms with Crippen molar-refractivity contribution in [1.29, 1.82) is 0 Å². The van der Waals surface area contributed by atoms with Gasteiger partial charge in [0.25, 0.3) is 0 Å². The maximum Gasteiger partial charge on any atom is 0.241 e. The largest absolute Gasteiger partial charge is 0.338 e. The van der Waals surface area contributed by atoms with Crippen LogP contribution in [-0.2, 0) is 22.9 Å². The second kappa shape index (κ2) is 6.83. The Morgan fingerprint density at radius 1 is 1.15 bits per heavy atom. The van der Waals surface area contributed by atoms with Crippen LogP contribution in [0.25, 0.3) is 11.4 Å². The Kier molecular flexibility index (Phi) is 4.52. The molecule has 0 N–H and O–H groups in total. The van der Waals surface area contributed by atoms with Crippen molar-refractivity contribution >= 4 is 21.4 Å². The minimum Gasteiger partial charge on any atom is -0.338 e. The molecule has 0 amide bonds. The highest BCUT2D eigenvalue weighted by atomic mass is 35.5. The highest BCUT2D eigenvalue weighted by Gasteiger charge is 2.26. The zero-order valence-corrected chi connectivity index (χ0v) is 15.4. The summed E-state index contributed by atoms with van der Waals surface area (Å²) in [6.45, 7) is 1.31. The van der Waals surface area contributed by atoms with Crippen LogP contribution in [-0.4, -0.2) is 35.8 Å². The molecule has 134 valence electrons. The van der Waals surface area contributed by atoms with E-state index in [1.165, 1.54) is 0 Å². The Bertz CT molecular complexity index is 1050. The van der Waals surface area contributed by atoms with Crippen LogP contribution in [0, 0.1) is 0 Å². The molecule has 0 saturated carbocycles. The summed E-state index contributed by atoms with van der Waals surface area (Å²) in [6.07, 6.45) is 0. The van der Waals surface area contributed by atoms with Gasteiger partial charge in [-0.05, 0) is 23.8 Å². The Balaban J connectivity index is 1.55. The Morgan fingerprint density at radius 2 is 2.00 bits per heavy atom. The third-order valence-electron chi connectivity index (χ3n) is 4.29. The molecule has 4 rings (SSSR count). The molecule has 0 fully saturated rings. The van der Waals surface area contributed by atoms with Crippen LogP contribution in [0.4, 0.5) is 0 Å². The number of rotatable bonds is 3. The molecule has 0 bridgehead atoms. The maximum absolute atomic E-state index is 12.4. The Morgan fingerprint density at radius 3 is 2.85 bits per heavy atom. The number of aromatic nitrogens is 2. The average molecular weight is 390 g/mol. The monoisotopic (exact) mass is 389 g/mol. The molecule has 26 heavy (non-hydrogen) atoms. The quantitative estimate of drug-likeness (QED) is 0.684. The fraction of sp³-hybridized carbons (Fsp3) is 0.222. The van der Waals surface area contributed by atoms with E-state index in [2.05, 4.69) is 10.1 Å². The zero-order valence-electron chi connectivity index (χ0n) is 13.8. The fourth-order valence-corrected chi connectivity index (χ4v) is 4.73. The fourth-order valence-electron chi connectivity index (χ4n) is 3.01. The number of hydrogen-bond donors (Lipinski definition) is 0. The summed E-state index contributed by atoms with van der Waals surface area (Å²) in [5, 5.41) is 4.60. The summed E-state index contributed by atoms with van der Waals surface area (Å²) in [7, 11) is -3.27. The van der Waals surface area contributed by atoms with E-state index >= 15 is 0 Å². The predicted molar refractivity (Wildman–Crippen MR) is 97.4 cm³/mol. The first-order valence-corrected chi connectivity index (χ1v) is 10.2. The lowest BCUT2D eigenvalue weighted by molar-refractivity contribution is 0.230. The van der Waals surface area contributed by atoms with Gasteiger partial charge in [-0.1, -0.05) is 47.1 Å². The molecule has 0 atom stereocenters. The molecular formula is C18H16ClN3O3S. The lowest BCUT2D eigenvalue weighted by Gasteiger charge is -2.17. The molecule has 0 unspecified atom stereocenters. The van der Waals surface area contributed by atoms with E-state index in [1.807, 2.05) is 29.2 Å². The van der Waals surface area contributed by atoms with Crippen LogP contribution in [0.1, 0.15) is 11.5 Å². The lowest BCUT2D eigenvalue weighted by Crippen LogP contribution is -2.25. The van der Waals surface area contributed by atoms with Gasteiger partial charge in [0.2, 0.25) is 11.7 Å². The summed E-state index contributed by atoms with van der Waals surface area (Å²) >= 11 is 6.00. The normalized spacial score (nSPS) is 16.8. The predicted octanol–water partition coefficient (Wildman–Crippen LogP) is 3.18. The number of fused-ring (bicyclic) bond motifs is 1. The van der Waals surface area contributed by atoms with Crippen LogP contribution in [0.3, 0.4) is 0 Å². The van der Waals surface area contributed by atoms with Crippen molar-refractivity contribution in [2.75, 3.05) is 12.3 Å². The molecule has 1 aliphatic heterocycles. The Hall–Kier alpha value is -2.22. The van der Waals surface area contributed by atoms with Gasteiger partial charge < -0.3 is 4.52 Å². The van der Waals surface area contributed by atoms with Gasteiger partial charge in [0.15, 0.2) is 9.84 Å². The first-order valence-electron chi connectivity index (χ1n) is 8.13. The summed E-state index contributed by atoms with van der Waals surface area (Å²) in [5.41, 5.74) is 1.57. The number of sulfone groups is 1. The topological polar surface area (TPSA) is 76.3 Å². The molecule has 0 saturated heterocycles. The van der Waals surface area contributed by atoms with Crippen molar-refractivity contribution in [3.63, 3.8) is 0 Å². The summed E-state index contributed by atoms with van der Waals surface area (Å²) < 4.78 is 30.2. The smallest absolute Gasteiger partial charge is 0.241 e. The number of benzene rings is 2. The molecule has 3 aromatic rings. The minimum absolute atomic E-state index is 0.0688. The third-order valence-corrected chi connectivity index (χ3v) is 6.31. The van der Waals surface area contributed by atoms with Gasteiger partial charge in [-0.3, -0.25) is 4.90 Å². The average Bonchev–Trinajstić information content (AvgIpc) is 3.04. The van der Waals surface area contributed by atoms with Crippen LogP contribution in [0.2, 0.25) is 5.02 Å². The van der Waals surface area contributed by atoms with Crippen molar-refractivity contribution in [3.05, 3.63) is 65.0 Å². The number of nitrogens with zero attached hydrogens (tertiary/aromatic N) is 3. The molecule has 8 heteroatoms. The van der Waals surface area contributed by atoms with Crippen LogP contribution < -0.4 is 0 Å². The van der Waals surface area contributed by atoms with Gasteiger partial charge in [0.05, 0.1) is 17.2 Å². The second-order valence-corrected chi connectivity index (χ2v) is 8.67. The van der Waals surface area contributed by atoms with E-state index in [1.54, 1.807) is 24.3 Å². The molecule has 0 aliphatic carbocycles. The summed E-state index contributed by atoms with van der Waals surface area (Å²) in [4.78, 5) is 6.82. The molecule has 2 heterocycles. The highest BCUT2D eigenvalue weighted by molar-refractivity contribution is 7.91.